The van der Waals surface area contributed by atoms with Gasteiger partial charge in [0.15, 0.2) is 11.5 Å². The average Bonchev–Trinajstić information content (AvgIpc) is 2.86. The van der Waals surface area contributed by atoms with E-state index < -0.39 is 0 Å². The highest BCUT2D eigenvalue weighted by atomic mass is 16.7. The molecule has 1 aromatic carbocycles. The molecule has 2 aliphatic rings. The van der Waals surface area contributed by atoms with Gasteiger partial charge in [-0.1, -0.05) is 6.92 Å². The van der Waals surface area contributed by atoms with E-state index in [9.17, 15) is 0 Å². The Bertz CT molecular complexity index is 449. The van der Waals surface area contributed by atoms with Gasteiger partial charge in [-0.2, -0.15) is 0 Å². The fraction of sp³-hybridized carbons (Fsp3) is 0.600. The molecule has 0 saturated heterocycles. The highest BCUT2D eigenvalue weighted by Gasteiger charge is 2.29. The molecule has 4 heteroatoms. The summed E-state index contributed by atoms with van der Waals surface area (Å²) >= 11 is 0. The van der Waals surface area contributed by atoms with E-state index in [4.69, 9.17) is 14.2 Å². The van der Waals surface area contributed by atoms with Gasteiger partial charge in [0.2, 0.25) is 6.79 Å². The van der Waals surface area contributed by atoms with Crippen LogP contribution in [0.3, 0.4) is 0 Å². The van der Waals surface area contributed by atoms with Gasteiger partial charge in [0.25, 0.3) is 0 Å². The van der Waals surface area contributed by atoms with Crippen LogP contribution in [0, 0.1) is 5.92 Å². The molecule has 1 aliphatic carbocycles. The number of nitrogens with one attached hydrogen (secondary N) is 1. The summed E-state index contributed by atoms with van der Waals surface area (Å²) in [5.74, 6) is 3.17. The van der Waals surface area contributed by atoms with Gasteiger partial charge in [-0.15, -0.1) is 0 Å². The molecule has 1 aliphatic heterocycles. The Hall–Kier alpha value is -1.42. The number of likely N-dealkylation sites (N-methyl/N-ethyl adjacent to an activating group) is 1. The van der Waals surface area contributed by atoms with Crippen LogP contribution in [-0.4, -0.2) is 26.0 Å². The van der Waals surface area contributed by atoms with Gasteiger partial charge in [0, 0.05) is 12.1 Å². The molecule has 3 rings (SSSR count). The second-order valence-electron chi connectivity index (χ2n) is 5.48. The SMILES string of the molecule is CNC1CCC(C)CC1Oc1ccc2c(c1)OCO2. The van der Waals surface area contributed by atoms with Crippen LogP contribution in [0.2, 0.25) is 0 Å². The zero-order valence-corrected chi connectivity index (χ0v) is 11.5. The van der Waals surface area contributed by atoms with Crippen LogP contribution in [0.15, 0.2) is 18.2 Å². The molecule has 0 bridgehead atoms. The third-order valence-electron chi connectivity index (χ3n) is 4.06. The quantitative estimate of drug-likeness (QED) is 0.910. The first kappa shape index (κ1) is 12.6. The van der Waals surface area contributed by atoms with Crippen molar-refractivity contribution in [1.82, 2.24) is 5.32 Å². The summed E-state index contributed by atoms with van der Waals surface area (Å²) in [6.07, 6.45) is 3.77. The number of ether oxygens (including phenoxy) is 3. The second-order valence-corrected chi connectivity index (χ2v) is 5.48. The predicted octanol–water partition coefficient (Wildman–Crippen LogP) is 2.57. The standard InChI is InChI=1S/C15H21NO3/c1-10-3-5-12(16-2)14(7-10)19-11-4-6-13-15(8-11)18-9-17-13/h4,6,8,10,12,14,16H,3,5,7,9H2,1-2H3. The van der Waals surface area contributed by atoms with Crippen molar-refractivity contribution in [2.75, 3.05) is 13.8 Å². The first-order chi connectivity index (χ1) is 9.26. The molecular formula is C15H21NO3. The first-order valence-electron chi connectivity index (χ1n) is 7.00. The Morgan fingerprint density at radius 2 is 2.05 bits per heavy atom. The minimum Gasteiger partial charge on any atom is -0.489 e. The molecule has 3 atom stereocenters. The van der Waals surface area contributed by atoms with Gasteiger partial charge >= 0.3 is 0 Å². The lowest BCUT2D eigenvalue weighted by Gasteiger charge is -2.34. The minimum atomic E-state index is 0.231. The Labute approximate surface area is 114 Å². The zero-order valence-electron chi connectivity index (χ0n) is 11.5. The topological polar surface area (TPSA) is 39.7 Å². The van der Waals surface area contributed by atoms with Crippen molar-refractivity contribution in [2.45, 2.75) is 38.3 Å². The molecule has 0 radical (unpaired) electrons. The molecule has 0 aromatic heterocycles. The van der Waals surface area contributed by atoms with Crippen molar-refractivity contribution in [2.24, 2.45) is 5.92 Å². The van der Waals surface area contributed by atoms with Crippen molar-refractivity contribution in [3.05, 3.63) is 18.2 Å². The summed E-state index contributed by atoms with van der Waals surface area (Å²) in [5, 5.41) is 3.37. The van der Waals surface area contributed by atoms with Crippen LogP contribution >= 0.6 is 0 Å². The number of hydrogen-bond acceptors (Lipinski definition) is 4. The predicted molar refractivity (Wildman–Crippen MR) is 72.8 cm³/mol. The van der Waals surface area contributed by atoms with Crippen molar-refractivity contribution in [3.8, 4) is 17.2 Å². The largest absolute Gasteiger partial charge is 0.489 e. The summed E-state index contributed by atoms with van der Waals surface area (Å²) in [5.41, 5.74) is 0. The van der Waals surface area contributed by atoms with E-state index in [0.29, 0.717) is 12.8 Å². The molecule has 3 unspecified atom stereocenters. The fourth-order valence-corrected chi connectivity index (χ4v) is 2.91. The van der Waals surface area contributed by atoms with Crippen LogP contribution in [0.5, 0.6) is 17.2 Å². The van der Waals surface area contributed by atoms with Gasteiger partial charge in [0.05, 0.1) is 0 Å². The van der Waals surface area contributed by atoms with Crippen LogP contribution in [0.1, 0.15) is 26.2 Å². The van der Waals surface area contributed by atoms with E-state index in [0.717, 1.165) is 29.6 Å². The molecule has 1 saturated carbocycles. The maximum atomic E-state index is 6.16. The van der Waals surface area contributed by atoms with Crippen LogP contribution in [0.25, 0.3) is 0 Å². The monoisotopic (exact) mass is 263 g/mol. The summed E-state index contributed by atoms with van der Waals surface area (Å²) in [6, 6.07) is 6.23. The van der Waals surface area contributed by atoms with E-state index in [-0.39, 0.29) is 6.10 Å². The Balaban J connectivity index is 1.72. The van der Waals surface area contributed by atoms with Crippen molar-refractivity contribution in [3.63, 3.8) is 0 Å². The number of benzene rings is 1. The highest BCUT2D eigenvalue weighted by Crippen LogP contribution is 2.36. The molecular weight excluding hydrogens is 242 g/mol. The van der Waals surface area contributed by atoms with Gasteiger partial charge in [-0.3, -0.25) is 0 Å². The molecule has 1 fully saturated rings. The molecule has 0 spiro atoms. The van der Waals surface area contributed by atoms with E-state index in [1.165, 1.54) is 12.8 Å². The number of rotatable bonds is 3. The zero-order chi connectivity index (χ0) is 13.2. The van der Waals surface area contributed by atoms with Crippen LogP contribution in [-0.2, 0) is 0 Å². The van der Waals surface area contributed by atoms with Crippen LogP contribution < -0.4 is 19.5 Å². The lowest BCUT2D eigenvalue weighted by molar-refractivity contribution is 0.0942. The van der Waals surface area contributed by atoms with Gasteiger partial charge in [0.1, 0.15) is 11.9 Å². The minimum absolute atomic E-state index is 0.231. The summed E-state index contributed by atoms with van der Waals surface area (Å²) in [6.45, 7) is 2.60. The molecule has 4 nitrogen and oxygen atoms in total. The third kappa shape index (κ3) is 2.63. The normalized spacial score (nSPS) is 29.3. The van der Waals surface area contributed by atoms with Gasteiger partial charge in [-0.25, -0.2) is 0 Å². The molecule has 1 heterocycles. The van der Waals surface area contributed by atoms with Gasteiger partial charge in [-0.05, 0) is 44.4 Å². The number of hydrogen-bond donors (Lipinski definition) is 1. The molecule has 0 amide bonds. The Morgan fingerprint density at radius 1 is 1.21 bits per heavy atom. The van der Waals surface area contributed by atoms with Crippen LogP contribution in [0.4, 0.5) is 0 Å². The molecule has 1 aromatic rings. The summed E-state index contributed by atoms with van der Waals surface area (Å²) in [4.78, 5) is 0. The highest BCUT2D eigenvalue weighted by molar-refractivity contribution is 5.46. The Morgan fingerprint density at radius 3 is 2.89 bits per heavy atom. The van der Waals surface area contributed by atoms with Crippen molar-refractivity contribution in [1.29, 1.82) is 0 Å². The lowest BCUT2D eigenvalue weighted by Crippen LogP contribution is -2.45. The fourth-order valence-electron chi connectivity index (χ4n) is 2.91. The lowest BCUT2D eigenvalue weighted by atomic mass is 9.85. The maximum Gasteiger partial charge on any atom is 0.231 e. The number of fused-ring (bicyclic) bond motifs is 1. The summed E-state index contributed by atoms with van der Waals surface area (Å²) in [7, 11) is 2.01. The molecule has 104 valence electrons. The van der Waals surface area contributed by atoms with E-state index in [1.807, 2.05) is 25.2 Å². The van der Waals surface area contributed by atoms with Gasteiger partial charge < -0.3 is 19.5 Å². The van der Waals surface area contributed by atoms with E-state index in [1.54, 1.807) is 0 Å². The molecule has 1 N–H and O–H groups in total. The van der Waals surface area contributed by atoms with Crippen molar-refractivity contribution < 1.29 is 14.2 Å². The average molecular weight is 263 g/mol. The van der Waals surface area contributed by atoms with E-state index in [2.05, 4.69) is 12.2 Å². The third-order valence-corrected chi connectivity index (χ3v) is 4.06. The summed E-state index contributed by atoms with van der Waals surface area (Å²) < 4.78 is 16.9. The maximum absolute atomic E-state index is 6.16. The second kappa shape index (κ2) is 5.29. The smallest absolute Gasteiger partial charge is 0.231 e. The Kier molecular flexibility index (Phi) is 3.51. The van der Waals surface area contributed by atoms with E-state index >= 15 is 0 Å². The van der Waals surface area contributed by atoms with Crippen molar-refractivity contribution >= 4 is 0 Å². The first-order valence-corrected chi connectivity index (χ1v) is 7.00. The molecule has 19 heavy (non-hydrogen) atoms.